The summed E-state index contributed by atoms with van der Waals surface area (Å²) in [5.74, 6) is 3.51. The lowest BCUT2D eigenvalue weighted by Crippen LogP contribution is -2.30. The summed E-state index contributed by atoms with van der Waals surface area (Å²) in [7, 11) is 0. The molecule has 4 rings (SSSR count). The van der Waals surface area contributed by atoms with Crippen LogP contribution in [0, 0.1) is 0 Å². The van der Waals surface area contributed by atoms with E-state index in [0.29, 0.717) is 13.2 Å². The van der Waals surface area contributed by atoms with Crippen molar-refractivity contribution in [2.24, 2.45) is 0 Å². The third kappa shape index (κ3) is 6.02. The molecule has 1 saturated heterocycles. The first-order chi connectivity index (χ1) is 15.3. The Balaban J connectivity index is 1.39. The summed E-state index contributed by atoms with van der Waals surface area (Å²) in [5.41, 5.74) is 1.11. The van der Waals surface area contributed by atoms with E-state index in [4.69, 9.17) is 9.47 Å². The van der Waals surface area contributed by atoms with Crippen LogP contribution < -0.4 is 9.47 Å². The molecule has 1 aliphatic heterocycles. The minimum absolute atomic E-state index is 0.599. The van der Waals surface area contributed by atoms with Gasteiger partial charge in [-0.05, 0) is 69.3 Å². The summed E-state index contributed by atoms with van der Waals surface area (Å²) in [6.45, 7) is 6.36. The van der Waals surface area contributed by atoms with Gasteiger partial charge in [0.1, 0.15) is 11.5 Å². The van der Waals surface area contributed by atoms with E-state index in [2.05, 4.69) is 43.9 Å². The van der Waals surface area contributed by atoms with Crippen molar-refractivity contribution in [3.63, 3.8) is 0 Å². The highest BCUT2D eigenvalue weighted by Gasteiger charge is 2.18. The number of hydrogen-bond acceptors (Lipinski definition) is 6. The summed E-state index contributed by atoms with van der Waals surface area (Å²) in [6, 6.07) is 18.1. The molecule has 0 amide bonds. The predicted molar refractivity (Wildman–Crippen MR) is 124 cm³/mol. The Morgan fingerprint density at radius 3 is 2.29 bits per heavy atom. The third-order valence-corrected chi connectivity index (χ3v) is 6.14. The Hall–Kier alpha value is -2.51. The van der Waals surface area contributed by atoms with Gasteiger partial charge in [-0.25, -0.2) is 0 Å². The minimum atomic E-state index is 0.599. The van der Waals surface area contributed by atoms with Crippen molar-refractivity contribution in [1.82, 2.24) is 19.7 Å². The van der Waals surface area contributed by atoms with E-state index in [1.165, 1.54) is 19.3 Å². The molecule has 1 aliphatic rings. The molecule has 0 N–H and O–H groups in total. The Labute approximate surface area is 188 Å². The molecule has 2 heterocycles. The first-order valence-electron chi connectivity index (χ1n) is 11.0. The average molecular weight is 439 g/mol. The molecule has 0 atom stereocenters. The van der Waals surface area contributed by atoms with Crippen molar-refractivity contribution in [3.8, 4) is 17.2 Å². The van der Waals surface area contributed by atoms with E-state index in [9.17, 15) is 0 Å². The van der Waals surface area contributed by atoms with E-state index < -0.39 is 0 Å². The van der Waals surface area contributed by atoms with Crippen LogP contribution in [0.1, 0.15) is 32.0 Å². The van der Waals surface area contributed by atoms with Gasteiger partial charge in [-0.3, -0.25) is 9.47 Å². The minimum Gasteiger partial charge on any atom is -0.494 e. The zero-order valence-corrected chi connectivity index (χ0v) is 18.9. The van der Waals surface area contributed by atoms with Crippen molar-refractivity contribution in [1.29, 1.82) is 0 Å². The zero-order chi connectivity index (χ0) is 21.3. The molecule has 1 fully saturated rings. The molecule has 164 valence electrons. The molecule has 7 heteroatoms. The van der Waals surface area contributed by atoms with Gasteiger partial charge in [0, 0.05) is 11.4 Å². The summed E-state index contributed by atoms with van der Waals surface area (Å²) in [5, 5.41) is 9.97. The maximum atomic E-state index is 5.89. The monoisotopic (exact) mass is 438 g/mol. The van der Waals surface area contributed by atoms with Gasteiger partial charge in [-0.15, -0.1) is 10.2 Å². The normalized spacial score (nSPS) is 14.5. The zero-order valence-electron chi connectivity index (χ0n) is 18.1. The van der Waals surface area contributed by atoms with Crippen LogP contribution in [0.2, 0.25) is 0 Å². The van der Waals surface area contributed by atoms with Crippen LogP contribution in [0.4, 0.5) is 0 Å². The molecular formula is C24H30N4O2S. The molecule has 3 aromatic rings. The molecule has 1 aromatic heterocycles. The van der Waals surface area contributed by atoms with Gasteiger partial charge in [-0.1, -0.05) is 36.4 Å². The van der Waals surface area contributed by atoms with Crippen LogP contribution in [-0.4, -0.2) is 51.7 Å². The van der Waals surface area contributed by atoms with Crippen LogP contribution in [0.15, 0.2) is 59.8 Å². The van der Waals surface area contributed by atoms with E-state index >= 15 is 0 Å². The van der Waals surface area contributed by atoms with E-state index in [1.807, 2.05) is 37.3 Å². The maximum Gasteiger partial charge on any atom is 0.195 e. The Morgan fingerprint density at radius 1 is 0.871 bits per heavy atom. The van der Waals surface area contributed by atoms with Gasteiger partial charge < -0.3 is 9.47 Å². The van der Waals surface area contributed by atoms with Gasteiger partial charge in [0.2, 0.25) is 0 Å². The number of benzene rings is 2. The molecule has 0 spiro atoms. The highest BCUT2D eigenvalue weighted by atomic mass is 32.2. The van der Waals surface area contributed by atoms with E-state index in [-0.39, 0.29) is 0 Å². The molecular weight excluding hydrogens is 408 g/mol. The van der Waals surface area contributed by atoms with Gasteiger partial charge in [-0.2, -0.15) is 0 Å². The highest BCUT2D eigenvalue weighted by Crippen LogP contribution is 2.24. The average Bonchev–Trinajstić information content (AvgIpc) is 3.21. The fourth-order valence-corrected chi connectivity index (χ4v) is 4.53. The van der Waals surface area contributed by atoms with E-state index in [0.717, 1.165) is 53.6 Å². The van der Waals surface area contributed by atoms with Crippen molar-refractivity contribution in [2.75, 3.05) is 32.1 Å². The highest BCUT2D eigenvalue weighted by molar-refractivity contribution is 7.99. The molecule has 2 aromatic carbocycles. The third-order valence-electron chi connectivity index (χ3n) is 5.25. The van der Waals surface area contributed by atoms with Crippen LogP contribution in [-0.2, 0) is 6.54 Å². The summed E-state index contributed by atoms with van der Waals surface area (Å²) < 4.78 is 13.6. The molecule has 0 saturated carbocycles. The van der Waals surface area contributed by atoms with Gasteiger partial charge in [0.15, 0.2) is 11.0 Å². The maximum absolute atomic E-state index is 5.89. The van der Waals surface area contributed by atoms with Gasteiger partial charge in [0.05, 0.1) is 19.8 Å². The molecule has 6 nitrogen and oxygen atoms in total. The lowest BCUT2D eigenvalue weighted by atomic mass is 10.1. The van der Waals surface area contributed by atoms with Gasteiger partial charge >= 0.3 is 0 Å². The molecule has 0 bridgehead atoms. The van der Waals surface area contributed by atoms with Crippen molar-refractivity contribution in [2.45, 2.75) is 37.9 Å². The molecule has 31 heavy (non-hydrogen) atoms. The Bertz CT molecular complexity index is 925. The fraction of sp³-hybridized carbons (Fsp3) is 0.417. The Kier molecular flexibility index (Phi) is 7.85. The largest absolute Gasteiger partial charge is 0.494 e. The molecule has 0 unspecified atom stereocenters. The number of aromatic nitrogens is 3. The quantitative estimate of drug-likeness (QED) is 0.334. The van der Waals surface area contributed by atoms with Crippen LogP contribution in [0.3, 0.4) is 0 Å². The second-order valence-corrected chi connectivity index (χ2v) is 8.57. The standard InChI is InChI=1S/C24H30N4O2S/c1-2-29-21-11-13-22(14-12-21)30-17-18-31-24-26-25-23(19-27-15-7-4-8-16-27)28(24)20-9-5-3-6-10-20/h3,5-6,9-14H,2,4,7-8,15-19H2,1H3. The van der Waals surface area contributed by atoms with Crippen LogP contribution in [0.25, 0.3) is 5.69 Å². The number of piperidine rings is 1. The molecule has 0 radical (unpaired) electrons. The topological polar surface area (TPSA) is 52.4 Å². The number of rotatable bonds is 10. The number of thioether (sulfide) groups is 1. The molecule has 0 aliphatic carbocycles. The van der Waals surface area contributed by atoms with Crippen molar-refractivity contribution >= 4 is 11.8 Å². The number of ether oxygens (including phenoxy) is 2. The summed E-state index contributed by atoms with van der Waals surface area (Å²) in [6.07, 6.45) is 3.87. The number of nitrogens with zero attached hydrogens (tertiary/aromatic N) is 4. The first-order valence-corrected chi connectivity index (χ1v) is 12.0. The van der Waals surface area contributed by atoms with Crippen molar-refractivity contribution in [3.05, 3.63) is 60.4 Å². The van der Waals surface area contributed by atoms with Gasteiger partial charge in [0.25, 0.3) is 0 Å². The summed E-state index contributed by atoms with van der Waals surface area (Å²) in [4.78, 5) is 2.48. The lowest BCUT2D eigenvalue weighted by Gasteiger charge is -2.26. The smallest absolute Gasteiger partial charge is 0.195 e. The first kappa shape index (κ1) is 21.7. The number of hydrogen-bond donors (Lipinski definition) is 0. The summed E-state index contributed by atoms with van der Waals surface area (Å²) >= 11 is 1.68. The second kappa shape index (κ2) is 11.2. The van der Waals surface area contributed by atoms with E-state index in [1.54, 1.807) is 11.8 Å². The lowest BCUT2D eigenvalue weighted by molar-refractivity contribution is 0.214. The van der Waals surface area contributed by atoms with Crippen molar-refractivity contribution < 1.29 is 9.47 Å². The Morgan fingerprint density at radius 2 is 1.58 bits per heavy atom. The number of likely N-dealkylation sites (tertiary alicyclic amines) is 1. The van der Waals surface area contributed by atoms with Crippen LogP contribution >= 0.6 is 11.8 Å². The van der Waals surface area contributed by atoms with Crippen LogP contribution in [0.5, 0.6) is 11.5 Å². The SMILES string of the molecule is CCOc1ccc(OCCSc2nnc(CN3CCCCC3)n2-c2ccccc2)cc1. The predicted octanol–water partition coefficient (Wildman–Crippen LogP) is 4.82. The number of para-hydroxylation sites is 1. The fourth-order valence-electron chi connectivity index (χ4n) is 3.74. The second-order valence-electron chi connectivity index (χ2n) is 7.51.